The van der Waals surface area contributed by atoms with Gasteiger partial charge in [-0.15, -0.1) is 0 Å². The molecule has 1 aromatic heterocycles. The Morgan fingerprint density at radius 1 is 0.650 bits per heavy atom. The molecule has 0 saturated carbocycles. The smallest absolute Gasteiger partial charge is 0.159 e. The van der Waals surface area contributed by atoms with E-state index in [4.69, 9.17) is 0 Å². The Labute approximate surface area is 118 Å². The molecule has 0 atom stereocenters. The van der Waals surface area contributed by atoms with Gasteiger partial charge >= 0.3 is 0 Å². The van der Waals surface area contributed by atoms with Crippen molar-refractivity contribution in [2.45, 2.75) is 0 Å². The van der Waals surface area contributed by atoms with Crippen molar-refractivity contribution in [2.24, 2.45) is 0 Å². The second kappa shape index (κ2) is 4.17. The zero-order chi connectivity index (χ0) is 13.5. The van der Waals surface area contributed by atoms with Crippen molar-refractivity contribution < 1.29 is 4.57 Å². The third-order valence-corrected chi connectivity index (χ3v) is 3.86. The van der Waals surface area contributed by atoms with Crippen LogP contribution in [-0.2, 0) is 0 Å². The van der Waals surface area contributed by atoms with Gasteiger partial charge in [0.25, 0.3) is 0 Å². The maximum Gasteiger partial charge on any atom is 0.219 e. The predicted octanol–water partition coefficient (Wildman–Crippen LogP) is 4.14. The van der Waals surface area contributed by atoms with E-state index < -0.39 is 0 Å². The highest BCUT2D eigenvalue weighted by atomic mass is 15.0. The summed E-state index contributed by atoms with van der Waals surface area (Å²) in [7, 11) is 0. The summed E-state index contributed by atoms with van der Waals surface area (Å²) >= 11 is 0. The Balaban J connectivity index is 1.91. The van der Waals surface area contributed by atoms with E-state index in [-0.39, 0.29) is 0 Å². The highest BCUT2D eigenvalue weighted by molar-refractivity contribution is 5.80. The van der Waals surface area contributed by atoms with Gasteiger partial charge in [0.05, 0.1) is 11.1 Å². The van der Waals surface area contributed by atoms with Crippen molar-refractivity contribution in [3.8, 4) is 22.4 Å². The van der Waals surface area contributed by atoms with Crippen molar-refractivity contribution in [3.63, 3.8) is 0 Å². The van der Waals surface area contributed by atoms with Crippen LogP contribution in [0, 0.1) is 0 Å². The maximum absolute atomic E-state index is 4.23. The second-order valence-corrected chi connectivity index (χ2v) is 5.03. The van der Waals surface area contributed by atoms with Crippen molar-refractivity contribution >= 4 is 5.70 Å². The molecule has 1 heteroatoms. The third-order valence-electron chi connectivity index (χ3n) is 3.86. The van der Waals surface area contributed by atoms with Crippen molar-refractivity contribution in [1.82, 2.24) is 0 Å². The maximum atomic E-state index is 4.23. The van der Waals surface area contributed by atoms with E-state index in [1.807, 2.05) is 6.07 Å². The first-order valence-electron chi connectivity index (χ1n) is 6.75. The SMILES string of the molecule is C=C1c2ccccc2-c2ccc(-c3ccccc3)c[n+]21. The van der Waals surface area contributed by atoms with Crippen molar-refractivity contribution in [1.29, 1.82) is 0 Å². The Morgan fingerprint density at radius 2 is 1.35 bits per heavy atom. The lowest BCUT2D eigenvalue weighted by Crippen LogP contribution is -2.30. The van der Waals surface area contributed by atoms with E-state index in [1.54, 1.807) is 0 Å². The predicted molar refractivity (Wildman–Crippen MR) is 81.9 cm³/mol. The molecule has 0 bridgehead atoms. The summed E-state index contributed by atoms with van der Waals surface area (Å²) in [5, 5.41) is 0. The monoisotopic (exact) mass is 256 g/mol. The Morgan fingerprint density at radius 3 is 2.15 bits per heavy atom. The first kappa shape index (κ1) is 11.2. The summed E-state index contributed by atoms with van der Waals surface area (Å²) < 4.78 is 2.19. The summed E-state index contributed by atoms with van der Waals surface area (Å²) in [5.41, 5.74) is 7.18. The summed E-state index contributed by atoms with van der Waals surface area (Å²) in [6, 6.07) is 23.2. The molecule has 0 aliphatic carbocycles. The molecule has 0 fully saturated rings. The molecule has 0 unspecified atom stereocenters. The van der Waals surface area contributed by atoms with Gasteiger partial charge in [0.15, 0.2) is 6.20 Å². The lowest BCUT2D eigenvalue weighted by molar-refractivity contribution is -0.562. The highest BCUT2D eigenvalue weighted by Gasteiger charge is 2.30. The van der Waals surface area contributed by atoms with E-state index in [1.165, 1.54) is 27.9 Å². The molecule has 0 saturated heterocycles. The molecule has 20 heavy (non-hydrogen) atoms. The van der Waals surface area contributed by atoms with Crippen LogP contribution in [0.3, 0.4) is 0 Å². The Hall–Kier alpha value is -2.67. The molecule has 2 aromatic carbocycles. The molecule has 2 heterocycles. The van der Waals surface area contributed by atoms with Crippen LogP contribution in [0.2, 0.25) is 0 Å². The number of hydrogen-bond acceptors (Lipinski definition) is 0. The van der Waals surface area contributed by atoms with E-state index in [9.17, 15) is 0 Å². The quantitative estimate of drug-likeness (QED) is 0.451. The summed E-state index contributed by atoms with van der Waals surface area (Å²) in [6.45, 7) is 4.23. The minimum atomic E-state index is 1.05. The lowest BCUT2D eigenvalue weighted by atomic mass is 10.1. The molecular formula is C19H14N+. The molecule has 94 valence electrons. The summed E-state index contributed by atoms with van der Waals surface area (Å²) in [6.07, 6.45) is 2.17. The summed E-state index contributed by atoms with van der Waals surface area (Å²) in [4.78, 5) is 0. The first-order valence-corrected chi connectivity index (χ1v) is 6.75. The molecule has 0 N–H and O–H groups in total. The van der Waals surface area contributed by atoms with Gasteiger partial charge in [-0.3, -0.25) is 0 Å². The number of rotatable bonds is 1. The van der Waals surface area contributed by atoms with Crippen molar-refractivity contribution in [2.75, 3.05) is 0 Å². The van der Waals surface area contributed by atoms with Crippen LogP contribution in [0.5, 0.6) is 0 Å². The molecule has 0 amide bonds. The minimum Gasteiger partial charge on any atom is -0.159 e. The largest absolute Gasteiger partial charge is 0.219 e. The normalized spacial score (nSPS) is 12.1. The third kappa shape index (κ3) is 1.53. The zero-order valence-corrected chi connectivity index (χ0v) is 11.1. The van der Waals surface area contributed by atoms with Crippen LogP contribution in [0.4, 0.5) is 0 Å². The highest BCUT2D eigenvalue weighted by Crippen LogP contribution is 2.32. The van der Waals surface area contributed by atoms with Crippen LogP contribution in [-0.4, -0.2) is 0 Å². The first-order chi connectivity index (χ1) is 9.84. The van der Waals surface area contributed by atoms with Gasteiger partial charge in [0.1, 0.15) is 0 Å². The van der Waals surface area contributed by atoms with Gasteiger partial charge in [0, 0.05) is 11.6 Å². The number of hydrogen-bond donors (Lipinski definition) is 0. The van der Waals surface area contributed by atoms with Gasteiger partial charge in [-0.25, -0.2) is 0 Å². The molecule has 1 aliphatic rings. The van der Waals surface area contributed by atoms with Gasteiger partial charge in [-0.2, -0.15) is 4.57 Å². The van der Waals surface area contributed by atoms with E-state index in [0.717, 1.165) is 5.70 Å². The molecule has 0 spiro atoms. The Kier molecular flexibility index (Phi) is 2.33. The van der Waals surface area contributed by atoms with E-state index in [0.29, 0.717) is 0 Å². The van der Waals surface area contributed by atoms with Crippen molar-refractivity contribution in [3.05, 3.63) is 85.1 Å². The molecule has 3 aromatic rings. The van der Waals surface area contributed by atoms with Crippen LogP contribution in [0.15, 0.2) is 79.5 Å². The number of fused-ring (bicyclic) bond motifs is 3. The van der Waals surface area contributed by atoms with E-state index in [2.05, 4.69) is 78.0 Å². The average Bonchev–Trinajstić information content (AvgIpc) is 2.81. The topological polar surface area (TPSA) is 3.88 Å². The fourth-order valence-electron chi connectivity index (χ4n) is 2.83. The Bertz CT molecular complexity index is 816. The number of pyridine rings is 1. The van der Waals surface area contributed by atoms with Crippen LogP contribution < -0.4 is 4.57 Å². The van der Waals surface area contributed by atoms with Gasteiger partial charge in [-0.05, 0) is 30.3 Å². The van der Waals surface area contributed by atoms with Gasteiger partial charge < -0.3 is 0 Å². The van der Waals surface area contributed by atoms with Crippen LogP contribution in [0.1, 0.15) is 5.56 Å². The van der Waals surface area contributed by atoms with Crippen LogP contribution in [0.25, 0.3) is 28.1 Å². The molecule has 1 nitrogen and oxygen atoms in total. The second-order valence-electron chi connectivity index (χ2n) is 5.03. The number of benzene rings is 2. The zero-order valence-electron chi connectivity index (χ0n) is 11.1. The van der Waals surface area contributed by atoms with E-state index >= 15 is 0 Å². The lowest BCUT2D eigenvalue weighted by Gasteiger charge is -2.00. The molecule has 1 aliphatic heterocycles. The molecular weight excluding hydrogens is 242 g/mol. The van der Waals surface area contributed by atoms with Gasteiger partial charge in [0.2, 0.25) is 11.4 Å². The molecule has 4 rings (SSSR count). The fraction of sp³-hybridized carbons (Fsp3) is 0. The number of nitrogens with zero attached hydrogens (tertiary/aromatic N) is 1. The standard InChI is InChI=1S/C19H14N/c1-14-17-9-5-6-10-18(17)19-12-11-16(13-20(14)19)15-7-3-2-4-8-15/h2-13H,1H2/q+1. The summed E-state index contributed by atoms with van der Waals surface area (Å²) in [5.74, 6) is 0. The van der Waals surface area contributed by atoms with Gasteiger partial charge in [-0.1, -0.05) is 42.5 Å². The van der Waals surface area contributed by atoms with Crippen LogP contribution >= 0.6 is 0 Å². The minimum absolute atomic E-state index is 1.05. The average molecular weight is 256 g/mol. The number of aromatic nitrogens is 1. The fourth-order valence-corrected chi connectivity index (χ4v) is 2.83. The molecule has 0 radical (unpaired) electrons.